The minimum Gasteiger partial charge on any atom is -0.369 e. The summed E-state index contributed by atoms with van der Waals surface area (Å²) in [7, 11) is -1.06. The van der Waals surface area contributed by atoms with Crippen molar-refractivity contribution in [3.05, 3.63) is 58.0 Å². The van der Waals surface area contributed by atoms with Gasteiger partial charge in [0.15, 0.2) is 0 Å². The first-order valence-corrected chi connectivity index (χ1v) is 19.9. The number of alkyl halides is 2. The molecule has 0 bridgehead atoms. The Morgan fingerprint density at radius 3 is 2.33 bits per heavy atom. The summed E-state index contributed by atoms with van der Waals surface area (Å²) in [6, 6.07) is 9.25. The van der Waals surface area contributed by atoms with Crippen molar-refractivity contribution in [1.29, 1.82) is 0 Å². The lowest BCUT2D eigenvalue weighted by molar-refractivity contribution is -0.126. The van der Waals surface area contributed by atoms with E-state index in [4.69, 9.17) is 0 Å². The molecule has 1 aliphatic carbocycles. The number of anilines is 2. The summed E-state index contributed by atoms with van der Waals surface area (Å²) in [5.74, 6) is 0.321. The van der Waals surface area contributed by atoms with Gasteiger partial charge in [0.1, 0.15) is 5.65 Å². The number of piperidine rings is 1. The Labute approximate surface area is 306 Å². The largest absolute Gasteiger partial charge is 0.369 e. The molecule has 0 radical (unpaired) electrons. The fraction of sp³-hybridized carbons (Fsp3) is 0.595. The van der Waals surface area contributed by atoms with Crippen LogP contribution in [0.5, 0.6) is 0 Å². The van der Waals surface area contributed by atoms with Gasteiger partial charge in [-0.15, -0.1) is 0 Å². The molecule has 284 valence electrons. The highest BCUT2D eigenvalue weighted by Gasteiger charge is 2.25. The van der Waals surface area contributed by atoms with Crippen molar-refractivity contribution in [3.8, 4) is 0 Å². The fourth-order valence-electron chi connectivity index (χ4n) is 7.10. The van der Waals surface area contributed by atoms with Crippen molar-refractivity contribution in [2.75, 3.05) is 61.8 Å². The van der Waals surface area contributed by atoms with Crippen molar-refractivity contribution < 1.29 is 22.6 Å². The molecule has 3 aromatic rings. The number of piperazine rings is 1. The van der Waals surface area contributed by atoms with Crippen LogP contribution in [0.1, 0.15) is 94.6 Å². The van der Waals surface area contributed by atoms with Gasteiger partial charge in [-0.25, -0.2) is 22.3 Å². The first-order valence-electron chi connectivity index (χ1n) is 18.6. The molecule has 52 heavy (non-hydrogen) atoms. The Kier molecular flexibility index (Phi) is 15.0. The predicted molar refractivity (Wildman–Crippen MR) is 201 cm³/mol. The van der Waals surface area contributed by atoms with Crippen LogP contribution in [0.4, 0.5) is 20.4 Å². The molecule has 2 saturated heterocycles. The number of hydrogen-bond donors (Lipinski definition) is 3. The van der Waals surface area contributed by atoms with Crippen molar-refractivity contribution in [2.24, 2.45) is 0 Å². The molecular weight excluding hydrogens is 691 g/mol. The second-order valence-corrected chi connectivity index (χ2v) is 15.3. The maximum Gasteiger partial charge on any atom is 0.269 e. The van der Waals surface area contributed by atoms with Crippen molar-refractivity contribution in [1.82, 2.24) is 29.5 Å². The molecule has 2 aromatic heterocycles. The average molecular weight is 743 g/mol. The lowest BCUT2D eigenvalue weighted by Crippen LogP contribution is -2.47. The zero-order valence-corrected chi connectivity index (χ0v) is 30.9. The topological polar surface area (TPSA) is 144 Å². The van der Waals surface area contributed by atoms with Gasteiger partial charge in [0, 0.05) is 68.3 Å². The number of halogens is 2. The molecule has 15 heteroatoms. The molecule has 1 saturated carbocycles. The van der Waals surface area contributed by atoms with E-state index in [-0.39, 0.29) is 23.5 Å². The number of imide groups is 1. The SMILES string of the molecule is C1CCCC1.CCCC(C(=O)NC=O)c1ccc(N2CCN(CCCS(=O)N3CCC(Nc4ncc5cc(C(F)F)c(=O)[nH]c5n4)CC3)CC2)cc1. The van der Waals surface area contributed by atoms with Crippen LogP contribution in [0, 0.1) is 0 Å². The number of carbonyl (C=O) groups excluding carboxylic acids is 2. The molecule has 12 nitrogen and oxygen atoms in total. The number of amides is 2. The normalized spacial score (nSPS) is 18.5. The quantitative estimate of drug-likeness (QED) is 0.192. The van der Waals surface area contributed by atoms with E-state index in [1.165, 1.54) is 38.3 Å². The van der Waals surface area contributed by atoms with Crippen LogP contribution in [-0.4, -0.2) is 98.3 Å². The van der Waals surface area contributed by atoms with Crippen LogP contribution in [-0.2, 0) is 20.6 Å². The Hall–Kier alpha value is -3.82. The molecule has 2 unspecified atom stereocenters. The standard InChI is InChI=1S/C32H42F2N8O4S.C5H10/c1-2-4-26(30(44)36-21-43)22-5-7-25(8-6-22)41-16-14-40(15-17-41)11-3-18-47(46)42-12-9-24(10-13-42)37-32-35-20-23-19-27(28(33)34)31(45)38-29(23)39-32;1-2-4-5-3-1/h5-8,19-21,24,26,28H,2-4,9-18H2,1H3,(H,36,43,44)(H2,35,37,38,39,45);1-5H2. The molecule has 6 rings (SSSR count). The highest BCUT2D eigenvalue weighted by molar-refractivity contribution is 7.82. The van der Waals surface area contributed by atoms with Gasteiger partial charge in [-0.05, 0) is 56.0 Å². The number of benzene rings is 1. The van der Waals surface area contributed by atoms with Gasteiger partial charge in [-0.3, -0.25) is 24.6 Å². The summed E-state index contributed by atoms with van der Waals surface area (Å²) in [6.07, 6.45) is 10.4. The summed E-state index contributed by atoms with van der Waals surface area (Å²) in [6.45, 7) is 7.87. The number of rotatable bonds is 14. The van der Waals surface area contributed by atoms with E-state index in [9.17, 15) is 27.4 Å². The highest BCUT2D eigenvalue weighted by Crippen LogP contribution is 2.26. The number of pyridine rings is 1. The van der Waals surface area contributed by atoms with E-state index in [1.807, 2.05) is 35.5 Å². The van der Waals surface area contributed by atoms with E-state index in [1.54, 1.807) is 0 Å². The molecule has 2 atom stereocenters. The number of aromatic amines is 1. The van der Waals surface area contributed by atoms with Gasteiger partial charge in [0.05, 0.1) is 22.5 Å². The molecule has 3 aliphatic rings. The number of nitrogens with one attached hydrogen (secondary N) is 3. The maximum atomic E-state index is 13.0. The zero-order valence-electron chi connectivity index (χ0n) is 30.0. The van der Waals surface area contributed by atoms with Gasteiger partial charge in [-0.2, -0.15) is 4.98 Å². The van der Waals surface area contributed by atoms with E-state index < -0.39 is 28.5 Å². The highest BCUT2D eigenvalue weighted by atomic mass is 32.2. The summed E-state index contributed by atoms with van der Waals surface area (Å²) in [5.41, 5.74) is 0.760. The third kappa shape index (κ3) is 11.1. The van der Waals surface area contributed by atoms with Crippen LogP contribution in [0.3, 0.4) is 0 Å². The summed E-state index contributed by atoms with van der Waals surface area (Å²) in [5, 5.41) is 5.88. The second-order valence-electron chi connectivity index (χ2n) is 13.7. The Morgan fingerprint density at radius 2 is 1.71 bits per heavy atom. The Balaban J connectivity index is 0.000000962. The Bertz CT molecular complexity index is 1670. The Morgan fingerprint density at radius 1 is 1.04 bits per heavy atom. The molecule has 3 fully saturated rings. The van der Waals surface area contributed by atoms with Crippen molar-refractivity contribution in [3.63, 3.8) is 0 Å². The monoisotopic (exact) mass is 742 g/mol. The lowest BCUT2D eigenvalue weighted by Gasteiger charge is -2.36. The average Bonchev–Trinajstić information content (AvgIpc) is 3.75. The lowest BCUT2D eigenvalue weighted by atomic mass is 9.93. The molecular formula is C37H52F2N8O4S. The fourth-order valence-corrected chi connectivity index (χ4v) is 8.35. The molecule has 3 N–H and O–H groups in total. The molecule has 0 spiro atoms. The van der Waals surface area contributed by atoms with E-state index in [0.29, 0.717) is 43.0 Å². The number of aromatic nitrogens is 3. The smallest absolute Gasteiger partial charge is 0.269 e. The second kappa shape index (κ2) is 19.9. The summed E-state index contributed by atoms with van der Waals surface area (Å²) < 4.78 is 41.1. The van der Waals surface area contributed by atoms with Gasteiger partial charge >= 0.3 is 0 Å². The first-order chi connectivity index (χ1) is 25.2. The van der Waals surface area contributed by atoms with Crippen molar-refractivity contribution >= 4 is 46.0 Å². The van der Waals surface area contributed by atoms with Crippen LogP contribution in [0.2, 0.25) is 0 Å². The maximum absolute atomic E-state index is 13.0. The predicted octanol–water partition coefficient (Wildman–Crippen LogP) is 5.11. The van der Waals surface area contributed by atoms with E-state index >= 15 is 0 Å². The van der Waals surface area contributed by atoms with Crippen LogP contribution >= 0.6 is 0 Å². The number of H-pyrrole nitrogens is 1. The van der Waals surface area contributed by atoms with E-state index in [0.717, 1.165) is 75.7 Å². The number of nitrogens with zero attached hydrogens (tertiary/aromatic N) is 5. The number of fused-ring (bicyclic) bond motifs is 1. The molecule has 1 aromatic carbocycles. The van der Waals surface area contributed by atoms with Crippen LogP contribution < -0.4 is 21.1 Å². The zero-order chi connectivity index (χ0) is 36.9. The van der Waals surface area contributed by atoms with Gasteiger partial charge < -0.3 is 15.2 Å². The van der Waals surface area contributed by atoms with Gasteiger partial charge in [0.25, 0.3) is 12.0 Å². The molecule has 4 heterocycles. The van der Waals surface area contributed by atoms with Crippen LogP contribution in [0.25, 0.3) is 11.0 Å². The molecule has 2 aliphatic heterocycles. The van der Waals surface area contributed by atoms with Gasteiger partial charge in [-0.1, -0.05) is 57.6 Å². The number of carbonyl (C=O) groups is 2. The van der Waals surface area contributed by atoms with Gasteiger partial charge in [0.2, 0.25) is 18.3 Å². The summed E-state index contributed by atoms with van der Waals surface area (Å²) >= 11 is 0. The third-order valence-electron chi connectivity index (χ3n) is 10.1. The minimum atomic E-state index is -2.87. The summed E-state index contributed by atoms with van der Waals surface area (Å²) in [4.78, 5) is 50.6. The third-order valence-corrected chi connectivity index (χ3v) is 11.7. The molecule has 2 amide bonds. The van der Waals surface area contributed by atoms with Crippen LogP contribution in [0.15, 0.2) is 41.3 Å². The number of hydrogen-bond acceptors (Lipinski definition) is 9. The van der Waals surface area contributed by atoms with E-state index in [2.05, 4.69) is 35.4 Å². The minimum absolute atomic E-state index is 0.0694. The van der Waals surface area contributed by atoms with Crippen molar-refractivity contribution in [2.45, 2.75) is 89.5 Å². The first kappa shape index (κ1) is 39.4.